The highest BCUT2D eigenvalue weighted by Crippen LogP contribution is 2.24. The first-order chi connectivity index (χ1) is 6.11. The zero-order chi connectivity index (χ0) is 9.59. The zero-order valence-corrected chi connectivity index (χ0v) is 6.94. The molecule has 2 amide bonds. The van der Waals surface area contributed by atoms with Crippen molar-refractivity contribution < 1.29 is 14.7 Å². The molecule has 1 N–H and O–H groups in total. The van der Waals surface area contributed by atoms with Crippen LogP contribution in [-0.4, -0.2) is 28.9 Å². The van der Waals surface area contributed by atoms with Gasteiger partial charge in [-0.1, -0.05) is 0 Å². The lowest BCUT2D eigenvalue weighted by Gasteiger charge is -2.02. The van der Waals surface area contributed by atoms with Gasteiger partial charge in [0.2, 0.25) is 0 Å². The summed E-state index contributed by atoms with van der Waals surface area (Å²) in [7, 11) is 1.42. The van der Waals surface area contributed by atoms with Crippen LogP contribution >= 0.6 is 0 Å². The molecule has 0 bridgehead atoms. The predicted octanol–water partition coefficient (Wildman–Crippen LogP) is 0.618. The Bertz CT molecular complexity index is 411. The van der Waals surface area contributed by atoms with Crippen LogP contribution in [0, 0.1) is 0 Å². The maximum Gasteiger partial charge on any atom is 0.261 e. The van der Waals surface area contributed by atoms with Crippen LogP contribution in [-0.2, 0) is 0 Å². The number of carbonyl (C=O) groups is 2. The summed E-state index contributed by atoms with van der Waals surface area (Å²) >= 11 is 0. The zero-order valence-electron chi connectivity index (χ0n) is 6.94. The van der Waals surface area contributed by atoms with Gasteiger partial charge in [-0.2, -0.15) is 0 Å². The van der Waals surface area contributed by atoms with Crippen LogP contribution in [0.15, 0.2) is 18.2 Å². The number of aromatic hydroxyl groups is 1. The van der Waals surface area contributed by atoms with E-state index in [1.807, 2.05) is 0 Å². The largest absolute Gasteiger partial charge is 0.508 e. The van der Waals surface area contributed by atoms with Crippen molar-refractivity contribution in [2.75, 3.05) is 7.05 Å². The highest BCUT2D eigenvalue weighted by molar-refractivity contribution is 6.21. The summed E-state index contributed by atoms with van der Waals surface area (Å²) in [5.41, 5.74) is 0.623. The maximum absolute atomic E-state index is 11.4. The molecule has 0 saturated heterocycles. The van der Waals surface area contributed by atoms with Crippen molar-refractivity contribution in [2.45, 2.75) is 0 Å². The van der Waals surface area contributed by atoms with E-state index in [0.29, 0.717) is 5.56 Å². The van der Waals surface area contributed by atoms with Crippen LogP contribution < -0.4 is 0 Å². The van der Waals surface area contributed by atoms with Crippen molar-refractivity contribution in [3.8, 4) is 5.75 Å². The lowest BCUT2D eigenvalue weighted by Crippen LogP contribution is -2.24. The number of hydrogen-bond donors (Lipinski definition) is 1. The minimum atomic E-state index is -0.365. The Labute approximate surface area is 74.4 Å². The van der Waals surface area contributed by atoms with E-state index in [2.05, 4.69) is 0 Å². The number of benzene rings is 1. The molecule has 13 heavy (non-hydrogen) atoms. The van der Waals surface area contributed by atoms with Crippen molar-refractivity contribution in [3.63, 3.8) is 0 Å². The molecule has 0 unspecified atom stereocenters. The third-order valence-electron chi connectivity index (χ3n) is 2.07. The Morgan fingerprint density at radius 2 is 1.77 bits per heavy atom. The lowest BCUT2D eigenvalue weighted by atomic mass is 10.1. The quantitative estimate of drug-likeness (QED) is 0.591. The van der Waals surface area contributed by atoms with Gasteiger partial charge in [0.05, 0.1) is 11.1 Å². The predicted molar refractivity (Wildman–Crippen MR) is 44.5 cm³/mol. The molecule has 0 fully saturated rings. The Kier molecular flexibility index (Phi) is 1.39. The van der Waals surface area contributed by atoms with E-state index in [-0.39, 0.29) is 23.1 Å². The second-order valence-electron chi connectivity index (χ2n) is 2.90. The highest BCUT2D eigenvalue weighted by atomic mass is 16.3. The molecular weight excluding hydrogens is 170 g/mol. The van der Waals surface area contributed by atoms with Crippen LogP contribution in [0.2, 0.25) is 0 Å². The first kappa shape index (κ1) is 7.79. The van der Waals surface area contributed by atoms with Gasteiger partial charge in [0.1, 0.15) is 5.75 Å². The molecule has 1 heterocycles. The average Bonchev–Trinajstić information content (AvgIpc) is 2.32. The third kappa shape index (κ3) is 0.917. The molecule has 0 saturated carbocycles. The maximum atomic E-state index is 11.4. The van der Waals surface area contributed by atoms with Gasteiger partial charge in [-0.25, -0.2) is 0 Å². The summed E-state index contributed by atoms with van der Waals surface area (Å²) in [6.45, 7) is 0. The van der Waals surface area contributed by atoms with Crippen LogP contribution in [0.3, 0.4) is 0 Å². The molecule has 1 aliphatic heterocycles. The fourth-order valence-corrected chi connectivity index (χ4v) is 1.35. The summed E-state index contributed by atoms with van der Waals surface area (Å²) in [6.07, 6.45) is 0. The molecule has 1 aliphatic rings. The molecule has 2 rings (SSSR count). The van der Waals surface area contributed by atoms with Crippen LogP contribution in [0.1, 0.15) is 20.7 Å². The number of phenols is 1. The molecule has 1 aromatic rings. The molecule has 4 heteroatoms. The first-order valence-electron chi connectivity index (χ1n) is 3.76. The van der Waals surface area contributed by atoms with E-state index in [1.165, 1.54) is 25.2 Å². The van der Waals surface area contributed by atoms with Crippen LogP contribution in [0.5, 0.6) is 5.75 Å². The van der Waals surface area contributed by atoms with Gasteiger partial charge < -0.3 is 5.11 Å². The molecule has 4 nitrogen and oxygen atoms in total. The minimum absolute atomic E-state index is 0.00444. The van der Waals surface area contributed by atoms with Crippen LogP contribution in [0.4, 0.5) is 0 Å². The minimum Gasteiger partial charge on any atom is -0.508 e. The molecule has 0 atom stereocenters. The first-order valence-corrected chi connectivity index (χ1v) is 3.76. The lowest BCUT2D eigenvalue weighted by molar-refractivity contribution is 0.0693. The number of amides is 2. The van der Waals surface area contributed by atoms with Gasteiger partial charge in [-0.05, 0) is 18.2 Å². The van der Waals surface area contributed by atoms with Gasteiger partial charge in [-0.15, -0.1) is 0 Å². The van der Waals surface area contributed by atoms with E-state index >= 15 is 0 Å². The van der Waals surface area contributed by atoms with Crippen molar-refractivity contribution >= 4 is 11.8 Å². The van der Waals surface area contributed by atoms with Crippen molar-refractivity contribution in [1.29, 1.82) is 0 Å². The topological polar surface area (TPSA) is 57.6 Å². The van der Waals surface area contributed by atoms with Crippen LogP contribution in [0.25, 0.3) is 0 Å². The smallest absolute Gasteiger partial charge is 0.261 e. The molecular formula is C9H7NO3. The second kappa shape index (κ2) is 2.32. The summed E-state index contributed by atoms with van der Waals surface area (Å²) in [4.78, 5) is 23.7. The number of nitrogens with zero attached hydrogens (tertiary/aromatic N) is 1. The Morgan fingerprint density at radius 1 is 1.15 bits per heavy atom. The normalized spacial score (nSPS) is 15.0. The standard InChI is InChI=1S/C9H7NO3/c1-10-8(12)6-3-2-5(11)4-7(6)9(10)13/h2-4,11H,1H3. The van der Waals surface area contributed by atoms with E-state index in [0.717, 1.165) is 4.90 Å². The van der Waals surface area contributed by atoms with Gasteiger partial charge in [-0.3, -0.25) is 14.5 Å². The Hall–Kier alpha value is -1.84. The Morgan fingerprint density at radius 3 is 2.46 bits per heavy atom. The number of phenolic OH excluding ortho intramolecular Hbond substituents is 1. The van der Waals surface area contributed by atoms with Gasteiger partial charge in [0.25, 0.3) is 11.8 Å². The molecule has 0 spiro atoms. The summed E-state index contributed by atoms with van der Waals surface area (Å²) in [5.74, 6) is -0.689. The van der Waals surface area contributed by atoms with Gasteiger partial charge in [0, 0.05) is 7.05 Å². The van der Waals surface area contributed by atoms with E-state index < -0.39 is 0 Å². The molecule has 66 valence electrons. The number of hydrogen-bond acceptors (Lipinski definition) is 3. The average molecular weight is 177 g/mol. The number of rotatable bonds is 0. The molecule has 0 aromatic heterocycles. The van der Waals surface area contributed by atoms with E-state index in [9.17, 15) is 9.59 Å². The summed E-state index contributed by atoms with van der Waals surface area (Å²) < 4.78 is 0. The molecule has 0 radical (unpaired) electrons. The van der Waals surface area contributed by atoms with E-state index in [4.69, 9.17) is 5.11 Å². The summed E-state index contributed by atoms with van der Waals surface area (Å²) in [5, 5.41) is 9.10. The molecule has 1 aromatic carbocycles. The monoisotopic (exact) mass is 177 g/mol. The fraction of sp³-hybridized carbons (Fsp3) is 0.111. The number of imide groups is 1. The van der Waals surface area contributed by atoms with Crippen molar-refractivity contribution in [3.05, 3.63) is 29.3 Å². The molecule has 0 aliphatic carbocycles. The Balaban J connectivity index is 2.67. The third-order valence-corrected chi connectivity index (χ3v) is 2.07. The number of fused-ring (bicyclic) bond motifs is 1. The van der Waals surface area contributed by atoms with Gasteiger partial charge >= 0.3 is 0 Å². The second-order valence-corrected chi connectivity index (χ2v) is 2.90. The summed E-state index contributed by atoms with van der Waals surface area (Å²) in [6, 6.07) is 4.15. The SMILES string of the molecule is CN1C(=O)c2ccc(O)cc2C1=O. The van der Waals surface area contributed by atoms with Crippen molar-refractivity contribution in [2.24, 2.45) is 0 Å². The van der Waals surface area contributed by atoms with E-state index in [1.54, 1.807) is 0 Å². The van der Waals surface area contributed by atoms with Crippen molar-refractivity contribution in [1.82, 2.24) is 4.90 Å². The van der Waals surface area contributed by atoms with Gasteiger partial charge in [0.15, 0.2) is 0 Å². The number of carbonyl (C=O) groups excluding carboxylic acids is 2. The highest BCUT2D eigenvalue weighted by Gasteiger charge is 2.32. The fourth-order valence-electron chi connectivity index (χ4n) is 1.35.